The Labute approximate surface area is 104 Å². The van der Waals surface area contributed by atoms with Gasteiger partial charge < -0.3 is 15.9 Å². The van der Waals surface area contributed by atoms with Crippen LogP contribution < -0.4 is 10.9 Å². The summed E-state index contributed by atoms with van der Waals surface area (Å²) in [7, 11) is -4.00. The lowest BCUT2D eigenvalue weighted by Gasteiger charge is -2.18. The van der Waals surface area contributed by atoms with Gasteiger partial charge in [0, 0.05) is 5.56 Å². The lowest BCUT2D eigenvalue weighted by Crippen LogP contribution is -2.23. The molecular weight excluding hydrogens is 263 g/mol. The summed E-state index contributed by atoms with van der Waals surface area (Å²) in [6, 6.07) is 2.83. The molecule has 1 aromatic rings. The predicted molar refractivity (Wildman–Crippen MR) is 62.4 cm³/mol. The van der Waals surface area contributed by atoms with Crippen molar-refractivity contribution in [1.82, 2.24) is 0 Å². The number of halogens is 1. The quantitative estimate of drug-likeness (QED) is 0.561. The molecule has 2 atom stereocenters. The van der Waals surface area contributed by atoms with E-state index in [1.165, 1.54) is 0 Å². The van der Waals surface area contributed by atoms with Crippen molar-refractivity contribution in [3.63, 3.8) is 0 Å². The molecule has 102 valence electrons. The highest BCUT2D eigenvalue weighted by Crippen LogP contribution is 2.23. The molecule has 0 spiro atoms. The first-order chi connectivity index (χ1) is 8.27. The zero-order valence-electron chi connectivity index (χ0n) is 9.45. The third-order valence-corrected chi connectivity index (χ3v) is 3.36. The molecule has 6 nitrogen and oxygen atoms in total. The number of benzene rings is 1. The largest absolute Gasteiger partial charge is 0.390 e. The molecule has 0 radical (unpaired) electrons. The molecule has 0 saturated heterocycles. The molecule has 0 bridgehead atoms. The third kappa shape index (κ3) is 3.47. The van der Waals surface area contributed by atoms with Crippen molar-refractivity contribution in [2.45, 2.75) is 23.5 Å². The Hall–Kier alpha value is -1.06. The summed E-state index contributed by atoms with van der Waals surface area (Å²) in [5.41, 5.74) is 5.00. The zero-order chi connectivity index (χ0) is 13.9. The summed E-state index contributed by atoms with van der Waals surface area (Å²) in [4.78, 5) is -0.399. The topological polar surface area (TPSA) is 127 Å². The Balaban J connectivity index is 3.06. The first kappa shape index (κ1) is 15.0. The normalized spacial score (nSPS) is 15.4. The molecule has 0 aliphatic carbocycles. The van der Waals surface area contributed by atoms with E-state index in [0.29, 0.717) is 6.07 Å². The van der Waals surface area contributed by atoms with E-state index < -0.39 is 32.9 Å². The van der Waals surface area contributed by atoms with Gasteiger partial charge in [-0.15, -0.1) is 0 Å². The van der Waals surface area contributed by atoms with Crippen molar-refractivity contribution in [2.75, 3.05) is 6.54 Å². The summed E-state index contributed by atoms with van der Waals surface area (Å²) < 4.78 is 35.6. The van der Waals surface area contributed by atoms with Gasteiger partial charge in [-0.25, -0.2) is 17.9 Å². The van der Waals surface area contributed by atoms with Crippen LogP contribution in [0.2, 0.25) is 0 Å². The minimum Gasteiger partial charge on any atom is -0.390 e. The fourth-order valence-electron chi connectivity index (χ4n) is 1.46. The lowest BCUT2D eigenvalue weighted by molar-refractivity contribution is 0.0129. The van der Waals surface area contributed by atoms with Crippen LogP contribution >= 0.6 is 0 Å². The lowest BCUT2D eigenvalue weighted by atomic mass is 10.0. The highest BCUT2D eigenvalue weighted by Gasteiger charge is 2.22. The van der Waals surface area contributed by atoms with E-state index in [1.807, 2.05) is 0 Å². The highest BCUT2D eigenvalue weighted by atomic mass is 32.2. The van der Waals surface area contributed by atoms with Crippen molar-refractivity contribution in [3.8, 4) is 0 Å². The number of hydrogen-bond donors (Lipinski definition) is 4. The van der Waals surface area contributed by atoms with Gasteiger partial charge in [0.05, 0.1) is 11.0 Å². The van der Waals surface area contributed by atoms with Gasteiger partial charge in [-0.05, 0) is 25.1 Å². The number of aliphatic hydroxyl groups excluding tert-OH is 2. The SMILES string of the molecule is NCCC(O)C(O)c1ccc(S(N)(=O)=O)cc1F. The Bertz CT molecular complexity index is 521. The minimum atomic E-state index is -4.00. The predicted octanol–water partition coefficient (Wildman–Crippen LogP) is -0.784. The first-order valence-corrected chi connectivity index (χ1v) is 6.70. The summed E-state index contributed by atoms with van der Waals surface area (Å²) >= 11 is 0. The van der Waals surface area contributed by atoms with Crippen molar-refractivity contribution in [2.24, 2.45) is 10.9 Å². The molecule has 0 amide bonds. The minimum absolute atomic E-state index is 0.0948. The van der Waals surface area contributed by atoms with Crippen molar-refractivity contribution in [3.05, 3.63) is 29.6 Å². The van der Waals surface area contributed by atoms with Gasteiger partial charge in [-0.1, -0.05) is 6.07 Å². The summed E-state index contributed by atoms with van der Waals surface area (Å²) in [6.07, 6.45) is -2.59. The van der Waals surface area contributed by atoms with Crippen LogP contribution in [-0.4, -0.2) is 31.3 Å². The summed E-state index contributed by atoms with van der Waals surface area (Å²) in [5, 5.41) is 24.0. The van der Waals surface area contributed by atoms with E-state index in [0.717, 1.165) is 12.1 Å². The fourth-order valence-corrected chi connectivity index (χ4v) is 1.99. The molecular formula is C10H15FN2O4S. The molecule has 0 heterocycles. The summed E-state index contributed by atoms with van der Waals surface area (Å²) in [6.45, 7) is 0.134. The number of sulfonamides is 1. The van der Waals surface area contributed by atoms with Crippen molar-refractivity contribution >= 4 is 10.0 Å². The smallest absolute Gasteiger partial charge is 0.238 e. The standard InChI is InChI=1S/C10H15FN2O4S/c11-8-5-6(18(13,16)17)1-2-7(8)10(15)9(14)3-4-12/h1-2,5,9-10,14-15H,3-4,12H2,(H2,13,16,17). The molecule has 6 N–H and O–H groups in total. The van der Waals surface area contributed by atoms with Crippen LogP contribution in [-0.2, 0) is 10.0 Å². The molecule has 0 fully saturated rings. The van der Waals surface area contributed by atoms with E-state index in [4.69, 9.17) is 10.9 Å². The van der Waals surface area contributed by atoms with Crippen LogP contribution in [0.1, 0.15) is 18.1 Å². The monoisotopic (exact) mass is 278 g/mol. The maximum atomic E-state index is 13.6. The van der Waals surface area contributed by atoms with Gasteiger partial charge >= 0.3 is 0 Å². The van der Waals surface area contributed by atoms with Crippen LogP contribution in [0, 0.1) is 5.82 Å². The van der Waals surface area contributed by atoms with Gasteiger partial charge in [0.2, 0.25) is 10.0 Å². The van der Waals surface area contributed by atoms with Crippen LogP contribution in [0.4, 0.5) is 4.39 Å². The number of hydrogen-bond acceptors (Lipinski definition) is 5. The van der Waals surface area contributed by atoms with Crippen molar-refractivity contribution in [1.29, 1.82) is 0 Å². The second-order valence-corrected chi connectivity index (χ2v) is 5.38. The van der Waals surface area contributed by atoms with Crippen molar-refractivity contribution < 1.29 is 23.0 Å². The molecule has 18 heavy (non-hydrogen) atoms. The number of nitrogens with two attached hydrogens (primary N) is 2. The molecule has 0 aromatic heterocycles. The van der Waals surface area contributed by atoms with Gasteiger partial charge in [-0.2, -0.15) is 0 Å². The average molecular weight is 278 g/mol. The molecule has 1 rings (SSSR count). The van der Waals surface area contributed by atoms with E-state index in [1.54, 1.807) is 0 Å². The molecule has 8 heteroatoms. The summed E-state index contributed by atoms with van der Waals surface area (Å²) in [5.74, 6) is -0.954. The van der Waals surface area contributed by atoms with Gasteiger partial charge in [0.1, 0.15) is 11.9 Å². The Morgan fingerprint density at radius 2 is 1.94 bits per heavy atom. The van der Waals surface area contributed by atoms with E-state index in [2.05, 4.69) is 0 Å². The maximum absolute atomic E-state index is 13.6. The molecule has 0 saturated carbocycles. The second kappa shape index (κ2) is 5.72. The van der Waals surface area contributed by atoms with E-state index in [-0.39, 0.29) is 18.5 Å². The molecule has 0 aliphatic rings. The number of rotatable bonds is 5. The van der Waals surface area contributed by atoms with Crippen LogP contribution in [0.5, 0.6) is 0 Å². The highest BCUT2D eigenvalue weighted by molar-refractivity contribution is 7.89. The fraction of sp³-hybridized carbons (Fsp3) is 0.400. The Morgan fingerprint density at radius 3 is 2.39 bits per heavy atom. The zero-order valence-corrected chi connectivity index (χ0v) is 10.3. The van der Waals surface area contributed by atoms with Gasteiger partial charge in [0.15, 0.2) is 0 Å². The maximum Gasteiger partial charge on any atom is 0.238 e. The Morgan fingerprint density at radius 1 is 1.33 bits per heavy atom. The second-order valence-electron chi connectivity index (χ2n) is 3.82. The Kier molecular flexibility index (Phi) is 4.77. The van der Waals surface area contributed by atoms with E-state index in [9.17, 15) is 23.0 Å². The average Bonchev–Trinajstić information content (AvgIpc) is 2.27. The molecule has 0 aliphatic heterocycles. The first-order valence-electron chi connectivity index (χ1n) is 5.16. The molecule has 1 aromatic carbocycles. The van der Waals surface area contributed by atoms with Crippen LogP contribution in [0.15, 0.2) is 23.1 Å². The molecule has 2 unspecified atom stereocenters. The van der Waals surface area contributed by atoms with E-state index >= 15 is 0 Å². The van der Waals surface area contributed by atoms with Gasteiger partial charge in [0.25, 0.3) is 0 Å². The van der Waals surface area contributed by atoms with Crippen LogP contribution in [0.25, 0.3) is 0 Å². The van der Waals surface area contributed by atoms with Gasteiger partial charge in [-0.3, -0.25) is 0 Å². The number of aliphatic hydroxyl groups is 2. The third-order valence-electron chi connectivity index (χ3n) is 2.45. The van der Waals surface area contributed by atoms with Crippen LogP contribution in [0.3, 0.4) is 0 Å². The number of primary sulfonamides is 1.